The second-order valence-corrected chi connectivity index (χ2v) is 6.21. The molecule has 0 atom stereocenters. The molecule has 2 heterocycles. The number of para-hydroxylation sites is 1. The van der Waals surface area contributed by atoms with Gasteiger partial charge in [0.05, 0.1) is 10.7 Å². The molecule has 3 rings (SSSR count). The van der Waals surface area contributed by atoms with Crippen LogP contribution in [0.5, 0.6) is 0 Å². The summed E-state index contributed by atoms with van der Waals surface area (Å²) in [6, 6.07) is 10.1. The number of aromatic nitrogens is 3. The SMILES string of the molecule is CCc1ccc(CNc2cccc(Cl)c2-n2cncn2)s1. The lowest BCUT2D eigenvalue weighted by atomic mass is 10.2. The highest BCUT2D eigenvalue weighted by Gasteiger charge is 2.10. The first-order valence-corrected chi connectivity index (χ1v) is 7.92. The lowest BCUT2D eigenvalue weighted by Gasteiger charge is -2.12. The van der Waals surface area contributed by atoms with Crippen molar-refractivity contribution in [3.05, 3.63) is 57.8 Å². The second kappa shape index (κ2) is 6.28. The van der Waals surface area contributed by atoms with E-state index < -0.39 is 0 Å². The third-order valence-corrected chi connectivity index (χ3v) is 4.69. The minimum absolute atomic E-state index is 0.644. The molecule has 21 heavy (non-hydrogen) atoms. The van der Waals surface area contributed by atoms with E-state index in [1.54, 1.807) is 11.0 Å². The number of hydrogen-bond acceptors (Lipinski definition) is 4. The van der Waals surface area contributed by atoms with E-state index in [0.717, 1.165) is 24.3 Å². The Morgan fingerprint density at radius 3 is 2.81 bits per heavy atom. The number of thiophene rings is 1. The van der Waals surface area contributed by atoms with Crippen LogP contribution < -0.4 is 5.32 Å². The molecule has 2 aromatic heterocycles. The van der Waals surface area contributed by atoms with Gasteiger partial charge in [-0.25, -0.2) is 9.67 Å². The van der Waals surface area contributed by atoms with Crippen molar-refractivity contribution in [3.63, 3.8) is 0 Å². The number of nitrogens with one attached hydrogen (secondary N) is 1. The largest absolute Gasteiger partial charge is 0.378 e. The Labute approximate surface area is 132 Å². The van der Waals surface area contributed by atoms with Gasteiger partial charge in [0.15, 0.2) is 0 Å². The first kappa shape index (κ1) is 14.1. The van der Waals surface area contributed by atoms with Crippen LogP contribution in [0.25, 0.3) is 5.69 Å². The maximum Gasteiger partial charge on any atom is 0.138 e. The highest BCUT2D eigenvalue weighted by molar-refractivity contribution is 7.12. The van der Waals surface area contributed by atoms with Gasteiger partial charge in [-0.05, 0) is 30.7 Å². The lowest BCUT2D eigenvalue weighted by molar-refractivity contribution is 0.878. The van der Waals surface area contributed by atoms with Crippen molar-refractivity contribution in [2.45, 2.75) is 19.9 Å². The summed E-state index contributed by atoms with van der Waals surface area (Å²) in [5.74, 6) is 0. The van der Waals surface area contributed by atoms with Crippen LogP contribution in [-0.4, -0.2) is 14.8 Å². The van der Waals surface area contributed by atoms with Crippen LogP contribution in [0.15, 0.2) is 43.0 Å². The quantitative estimate of drug-likeness (QED) is 0.768. The van der Waals surface area contributed by atoms with Gasteiger partial charge in [0.1, 0.15) is 18.3 Å². The molecule has 0 aliphatic rings. The molecule has 0 unspecified atom stereocenters. The fraction of sp³-hybridized carbons (Fsp3) is 0.200. The van der Waals surface area contributed by atoms with Crippen molar-refractivity contribution in [3.8, 4) is 5.69 Å². The van der Waals surface area contributed by atoms with Gasteiger partial charge in [-0.3, -0.25) is 0 Å². The zero-order valence-corrected chi connectivity index (χ0v) is 13.2. The Balaban J connectivity index is 1.84. The molecule has 0 bridgehead atoms. The average Bonchev–Trinajstić information content (AvgIpc) is 3.16. The Kier molecular flexibility index (Phi) is 4.22. The molecule has 6 heteroatoms. The molecule has 108 valence electrons. The van der Waals surface area contributed by atoms with Crippen molar-refractivity contribution in [1.82, 2.24) is 14.8 Å². The minimum Gasteiger partial charge on any atom is -0.378 e. The summed E-state index contributed by atoms with van der Waals surface area (Å²) in [7, 11) is 0. The zero-order valence-electron chi connectivity index (χ0n) is 11.6. The Bertz CT molecular complexity index is 721. The summed E-state index contributed by atoms with van der Waals surface area (Å²) in [5.41, 5.74) is 1.77. The fourth-order valence-corrected chi connectivity index (χ4v) is 3.26. The molecule has 0 fully saturated rings. The number of rotatable bonds is 5. The second-order valence-electron chi connectivity index (χ2n) is 4.55. The Morgan fingerprint density at radius 1 is 1.24 bits per heavy atom. The normalized spacial score (nSPS) is 10.8. The summed E-state index contributed by atoms with van der Waals surface area (Å²) >= 11 is 8.13. The Hall–Kier alpha value is -1.85. The number of halogens is 1. The molecule has 0 radical (unpaired) electrons. The summed E-state index contributed by atoms with van der Waals surface area (Å²) in [6.45, 7) is 2.94. The highest BCUT2D eigenvalue weighted by atomic mass is 35.5. The maximum absolute atomic E-state index is 6.30. The van der Waals surface area contributed by atoms with E-state index in [4.69, 9.17) is 11.6 Å². The third-order valence-electron chi connectivity index (χ3n) is 3.15. The van der Waals surface area contributed by atoms with Crippen LogP contribution in [-0.2, 0) is 13.0 Å². The first-order valence-electron chi connectivity index (χ1n) is 6.73. The molecular formula is C15H15ClN4S. The van der Waals surface area contributed by atoms with E-state index >= 15 is 0 Å². The number of aryl methyl sites for hydroxylation is 1. The van der Waals surface area contributed by atoms with E-state index in [1.807, 2.05) is 29.5 Å². The van der Waals surface area contributed by atoms with E-state index in [2.05, 4.69) is 34.5 Å². The first-order chi connectivity index (χ1) is 10.3. The van der Waals surface area contributed by atoms with Gasteiger partial charge in [0.25, 0.3) is 0 Å². The molecule has 1 N–H and O–H groups in total. The smallest absolute Gasteiger partial charge is 0.138 e. The summed E-state index contributed by atoms with van der Waals surface area (Å²) in [4.78, 5) is 6.68. The molecule has 3 aromatic rings. The van der Waals surface area contributed by atoms with E-state index in [9.17, 15) is 0 Å². The van der Waals surface area contributed by atoms with Gasteiger partial charge in [0.2, 0.25) is 0 Å². The van der Waals surface area contributed by atoms with Gasteiger partial charge >= 0.3 is 0 Å². The molecule has 4 nitrogen and oxygen atoms in total. The van der Waals surface area contributed by atoms with Crippen molar-refractivity contribution < 1.29 is 0 Å². The van der Waals surface area contributed by atoms with Crippen molar-refractivity contribution in [1.29, 1.82) is 0 Å². The van der Waals surface area contributed by atoms with Crippen LogP contribution in [0.3, 0.4) is 0 Å². The molecule has 0 saturated carbocycles. The van der Waals surface area contributed by atoms with Gasteiger partial charge in [-0.15, -0.1) is 11.3 Å². The molecule has 0 saturated heterocycles. The molecule has 0 amide bonds. The van der Waals surface area contributed by atoms with E-state index in [-0.39, 0.29) is 0 Å². The number of hydrogen-bond donors (Lipinski definition) is 1. The Morgan fingerprint density at radius 2 is 2.10 bits per heavy atom. The predicted molar refractivity (Wildman–Crippen MR) is 87.4 cm³/mol. The van der Waals surface area contributed by atoms with Crippen molar-refractivity contribution in [2.24, 2.45) is 0 Å². The van der Waals surface area contributed by atoms with Crippen molar-refractivity contribution >= 4 is 28.6 Å². The van der Waals surface area contributed by atoms with E-state index in [0.29, 0.717) is 5.02 Å². The molecule has 0 aliphatic carbocycles. The topological polar surface area (TPSA) is 42.7 Å². The van der Waals surface area contributed by atoms with Crippen LogP contribution in [0.4, 0.5) is 5.69 Å². The lowest BCUT2D eigenvalue weighted by Crippen LogP contribution is -2.04. The highest BCUT2D eigenvalue weighted by Crippen LogP contribution is 2.28. The summed E-state index contributed by atoms with van der Waals surface area (Å²) in [6.07, 6.45) is 4.22. The number of benzene rings is 1. The average molecular weight is 319 g/mol. The summed E-state index contributed by atoms with van der Waals surface area (Å²) < 4.78 is 1.68. The van der Waals surface area contributed by atoms with Gasteiger partial charge in [-0.1, -0.05) is 24.6 Å². The van der Waals surface area contributed by atoms with Crippen LogP contribution in [0.2, 0.25) is 5.02 Å². The van der Waals surface area contributed by atoms with E-state index in [1.165, 1.54) is 16.1 Å². The maximum atomic E-state index is 6.30. The molecule has 0 spiro atoms. The predicted octanol–water partition coefficient (Wildman–Crippen LogP) is 4.16. The zero-order chi connectivity index (χ0) is 14.7. The van der Waals surface area contributed by atoms with Gasteiger partial charge < -0.3 is 5.32 Å². The van der Waals surface area contributed by atoms with Crippen LogP contribution in [0, 0.1) is 0 Å². The van der Waals surface area contributed by atoms with Crippen molar-refractivity contribution in [2.75, 3.05) is 5.32 Å². The molecular weight excluding hydrogens is 304 g/mol. The third kappa shape index (κ3) is 3.09. The summed E-state index contributed by atoms with van der Waals surface area (Å²) in [5, 5.41) is 8.24. The number of nitrogens with zero attached hydrogens (tertiary/aromatic N) is 3. The van der Waals surface area contributed by atoms with Crippen LogP contribution in [0.1, 0.15) is 16.7 Å². The van der Waals surface area contributed by atoms with Gasteiger partial charge in [0, 0.05) is 16.3 Å². The monoisotopic (exact) mass is 318 g/mol. The molecule has 0 aliphatic heterocycles. The number of anilines is 1. The minimum atomic E-state index is 0.644. The fourth-order valence-electron chi connectivity index (χ4n) is 2.10. The standard InChI is InChI=1S/C15H15ClN4S/c1-2-11-6-7-12(21-11)8-18-14-5-3-4-13(16)15(14)20-10-17-9-19-20/h3-7,9-10,18H,2,8H2,1H3. The van der Waals surface area contributed by atoms with Gasteiger partial charge in [-0.2, -0.15) is 5.10 Å². The van der Waals surface area contributed by atoms with Crippen LogP contribution >= 0.6 is 22.9 Å². The molecule has 1 aromatic carbocycles.